The van der Waals surface area contributed by atoms with Crippen LogP contribution in [0.2, 0.25) is 0 Å². The molecule has 0 aliphatic carbocycles. The molecular formula is C22H20N2O7S. The molecule has 0 atom stereocenters. The summed E-state index contributed by atoms with van der Waals surface area (Å²) in [6.07, 6.45) is 1.63. The largest absolute Gasteiger partial charge is 0.497 e. The van der Waals surface area contributed by atoms with Gasteiger partial charge in [-0.2, -0.15) is 0 Å². The Morgan fingerprint density at radius 2 is 1.88 bits per heavy atom. The second kappa shape index (κ2) is 9.65. The van der Waals surface area contributed by atoms with Crippen molar-refractivity contribution in [2.75, 3.05) is 33.6 Å². The number of imide groups is 1. The number of carbonyl (C=O) groups is 3. The number of nitrogens with one attached hydrogen (secondary N) is 1. The van der Waals surface area contributed by atoms with E-state index in [0.717, 1.165) is 22.2 Å². The molecule has 3 amide bonds. The van der Waals surface area contributed by atoms with E-state index < -0.39 is 5.91 Å². The summed E-state index contributed by atoms with van der Waals surface area (Å²) >= 11 is 0.858. The van der Waals surface area contributed by atoms with E-state index in [9.17, 15) is 14.4 Å². The molecule has 166 valence electrons. The average molecular weight is 456 g/mol. The van der Waals surface area contributed by atoms with Crippen LogP contribution >= 0.6 is 11.8 Å². The van der Waals surface area contributed by atoms with Crippen LogP contribution in [-0.2, 0) is 9.59 Å². The summed E-state index contributed by atoms with van der Waals surface area (Å²) in [5.74, 6) is 1.69. The molecule has 0 saturated carbocycles. The van der Waals surface area contributed by atoms with E-state index in [1.54, 1.807) is 55.7 Å². The van der Waals surface area contributed by atoms with E-state index in [2.05, 4.69) is 5.32 Å². The fourth-order valence-electron chi connectivity index (χ4n) is 3.03. The standard InChI is InChI=1S/C22H20N2O7S/c1-28-15-3-5-16(6-4-15)29-12-20(25)23-8-9-24-21(26)19(32-22(24)27)11-14-2-7-17-18(10-14)31-13-30-17/h2-7,10-11H,8-9,12-13H2,1H3,(H,23,25)/b19-11-. The van der Waals surface area contributed by atoms with Gasteiger partial charge in [0.15, 0.2) is 18.1 Å². The van der Waals surface area contributed by atoms with Gasteiger partial charge in [-0.1, -0.05) is 6.07 Å². The van der Waals surface area contributed by atoms with Crippen molar-refractivity contribution in [1.29, 1.82) is 0 Å². The smallest absolute Gasteiger partial charge is 0.293 e. The maximum atomic E-state index is 12.6. The zero-order valence-electron chi connectivity index (χ0n) is 17.2. The van der Waals surface area contributed by atoms with E-state index in [-0.39, 0.29) is 37.6 Å². The Labute approximate surface area is 188 Å². The van der Waals surface area contributed by atoms with Gasteiger partial charge in [-0.25, -0.2) is 0 Å². The normalized spacial score (nSPS) is 15.9. The van der Waals surface area contributed by atoms with Crippen LogP contribution in [0.1, 0.15) is 5.56 Å². The lowest BCUT2D eigenvalue weighted by atomic mass is 10.2. The minimum Gasteiger partial charge on any atom is -0.497 e. The molecule has 2 heterocycles. The number of fused-ring (bicyclic) bond motifs is 1. The zero-order chi connectivity index (χ0) is 22.5. The minimum absolute atomic E-state index is 0.0669. The van der Waals surface area contributed by atoms with E-state index in [0.29, 0.717) is 27.9 Å². The van der Waals surface area contributed by atoms with E-state index in [1.807, 2.05) is 0 Å². The first kappa shape index (κ1) is 21.6. The highest BCUT2D eigenvalue weighted by Gasteiger charge is 2.34. The molecule has 32 heavy (non-hydrogen) atoms. The van der Waals surface area contributed by atoms with Crippen molar-refractivity contribution in [1.82, 2.24) is 10.2 Å². The van der Waals surface area contributed by atoms with Gasteiger partial charge in [-0.05, 0) is 59.8 Å². The molecule has 0 spiro atoms. The molecule has 1 saturated heterocycles. The van der Waals surface area contributed by atoms with E-state index in [4.69, 9.17) is 18.9 Å². The van der Waals surface area contributed by atoms with Crippen LogP contribution in [0, 0.1) is 0 Å². The van der Waals surface area contributed by atoms with Crippen molar-refractivity contribution in [2.24, 2.45) is 0 Å². The molecule has 0 aromatic heterocycles. The van der Waals surface area contributed by atoms with Crippen LogP contribution in [0.4, 0.5) is 4.79 Å². The summed E-state index contributed by atoms with van der Waals surface area (Å²) in [7, 11) is 1.56. The van der Waals surface area contributed by atoms with Crippen molar-refractivity contribution in [2.45, 2.75) is 0 Å². The van der Waals surface area contributed by atoms with E-state index in [1.165, 1.54) is 0 Å². The lowest BCUT2D eigenvalue weighted by Gasteiger charge is -2.13. The molecular weight excluding hydrogens is 436 g/mol. The topological polar surface area (TPSA) is 103 Å². The fraction of sp³-hybridized carbons (Fsp3) is 0.227. The second-order valence-corrected chi connectivity index (χ2v) is 7.75. The summed E-state index contributed by atoms with van der Waals surface area (Å²) < 4.78 is 21.1. The third-order valence-electron chi connectivity index (χ3n) is 4.65. The summed E-state index contributed by atoms with van der Waals surface area (Å²) in [6.45, 7) is 0.169. The quantitative estimate of drug-likeness (QED) is 0.605. The lowest BCUT2D eigenvalue weighted by molar-refractivity contribution is -0.125. The molecule has 2 aliphatic rings. The zero-order valence-corrected chi connectivity index (χ0v) is 18.0. The molecule has 10 heteroatoms. The molecule has 1 fully saturated rings. The molecule has 1 N–H and O–H groups in total. The minimum atomic E-state index is -0.401. The van der Waals surface area contributed by atoms with Gasteiger partial charge in [0, 0.05) is 13.1 Å². The van der Waals surface area contributed by atoms with Crippen LogP contribution < -0.4 is 24.3 Å². The predicted octanol–water partition coefficient (Wildman–Crippen LogP) is 2.66. The van der Waals surface area contributed by atoms with Gasteiger partial charge in [0.25, 0.3) is 17.1 Å². The van der Waals surface area contributed by atoms with Gasteiger partial charge in [0.2, 0.25) is 6.79 Å². The van der Waals surface area contributed by atoms with Crippen molar-refractivity contribution in [3.05, 3.63) is 52.9 Å². The molecule has 2 aromatic carbocycles. The monoisotopic (exact) mass is 456 g/mol. The fourth-order valence-corrected chi connectivity index (χ4v) is 3.89. The van der Waals surface area contributed by atoms with Gasteiger partial charge in [-0.3, -0.25) is 19.3 Å². The van der Waals surface area contributed by atoms with Gasteiger partial charge in [0.1, 0.15) is 11.5 Å². The number of rotatable bonds is 8. The highest BCUT2D eigenvalue weighted by molar-refractivity contribution is 8.18. The highest BCUT2D eigenvalue weighted by Crippen LogP contribution is 2.36. The first-order chi connectivity index (χ1) is 15.5. The number of amides is 3. The maximum absolute atomic E-state index is 12.6. The lowest BCUT2D eigenvalue weighted by Crippen LogP contribution is -2.38. The molecule has 2 aliphatic heterocycles. The van der Waals surface area contributed by atoms with Crippen molar-refractivity contribution < 1.29 is 33.3 Å². The SMILES string of the molecule is COc1ccc(OCC(=O)NCCN2C(=O)S/C(=C\c3ccc4c(c3)OCO4)C2=O)cc1. The van der Waals surface area contributed by atoms with Crippen LogP contribution in [0.25, 0.3) is 6.08 Å². The number of nitrogens with zero attached hydrogens (tertiary/aromatic N) is 1. The van der Waals surface area contributed by atoms with Gasteiger partial charge < -0.3 is 24.3 Å². The number of hydrogen-bond acceptors (Lipinski definition) is 8. The first-order valence-electron chi connectivity index (χ1n) is 9.72. The van der Waals surface area contributed by atoms with Gasteiger partial charge >= 0.3 is 0 Å². The molecule has 2 aromatic rings. The number of thioether (sulfide) groups is 1. The third kappa shape index (κ3) is 4.97. The van der Waals surface area contributed by atoms with Gasteiger partial charge in [-0.15, -0.1) is 0 Å². The average Bonchev–Trinajstić information content (AvgIpc) is 3.37. The number of hydrogen-bond donors (Lipinski definition) is 1. The third-order valence-corrected chi connectivity index (χ3v) is 5.56. The molecule has 0 unspecified atom stereocenters. The Kier molecular flexibility index (Phi) is 6.50. The molecule has 9 nitrogen and oxygen atoms in total. The maximum Gasteiger partial charge on any atom is 0.293 e. The Balaban J connectivity index is 1.25. The van der Waals surface area contributed by atoms with Crippen molar-refractivity contribution in [3.63, 3.8) is 0 Å². The first-order valence-corrected chi connectivity index (χ1v) is 10.5. The van der Waals surface area contributed by atoms with Crippen LogP contribution in [0.15, 0.2) is 47.4 Å². The summed E-state index contributed by atoms with van der Waals surface area (Å²) in [6, 6.07) is 12.1. The predicted molar refractivity (Wildman–Crippen MR) is 117 cm³/mol. The van der Waals surface area contributed by atoms with Crippen molar-refractivity contribution in [3.8, 4) is 23.0 Å². The molecule has 0 radical (unpaired) electrons. The Hall–Kier alpha value is -3.66. The molecule has 0 bridgehead atoms. The molecule has 4 rings (SSSR count). The van der Waals surface area contributed by atoms with Crippen molar-refractivity contribution >= 4 is 34.9 Å². The Morgan fingerprint density at radius 3 is 2.66 bits per heavy atom. The Bertz CT molecular complexity index is 1070. The highest BCUT2D eigenvalue weighted by atomic mass is 32.2. The summed E-state index contributed by atoms with van der Waals surface area (Å²) in [4.78, 5) is 38.3. The van der Waals surface area contributed by atoms with Crippen LogP contribution in [-0.4, -0.2) is 55.6 Å². The summed E-state index contributed by atoms with van der Waals surface area (Å²) in [5, 5.41) is 2.26. The van der Waals surface area contributed by atoms with E-state index >= 15 is 0 Å². The number of benzene rings is 2. The van der Waals surface area contributed by atoms with Crippen LogP contribution in [0.3, 0.4) is 0 Å². The Morgan fingerprint density at radius 1 is 1.12 bits per heavy atom. The summed E-state index contributed by atoms with van der Waals surface area (Å²) in [5.41, 5.74) is 0.726. The number of carbonyl (C=O) groups excluding carboxylic acids is 3. The van der Waals surface area contributed by atoms with Gasteiger partial charge in [0.05, 0.1) is 12.0 Å². The second-order valence-electron chi connectivity index (χ2n) is 6.76. The number of methoxy groups -OCH3 is 1. The number of ether oxygens (including phenoxy) is 4. The van der Waals surface area contributed by atoms with Crippen LogP contribution in [0.5, 0.6) is 23.0 Å².